The van der Waals surface area contributed by atoms with Gasteiger partial charge in [-0.2, -0.15) is 0 Å². The van der Waals surface area contributed by atoms with Crippen molar-refractivity contribution in [3.63, 3.8) is 0 Å². The van der Waals surface area contributed by atoms with Gasteiger partial charge in [-0.3, -0.25) is 9.59 Å². The molecule has 0 aromatic rings. The summed E-state index contributed by atoms with van der Waals surface area (Å²) in [5.41, 5.74) is 5.17. The molecule has 0 fully saturated rings. The molecule has 10 heavy (non-hydrogen) atoms. The van der Waals surface area contributed by atoms with Crippen LogP contribution in [0.1, 0.15) is 6.42 Å². The number of halogens is 1. The summed E-state index contributed by atoms with van der Waals surface area (Å²) in [4.78, 5) is 20.6. The van der Waals surface area contributed by atoms with Gasteiger partial charge in [0.1, 0.15) is 0 Å². The van der Waals surface area contributed by atoms with Crippen LogP contribution in [-0.2, 0) is 9.59 Å². The fraction of sp³-hybridized carbons (Fsp3) is 0.600. The summed E-state index contributed by atoms with van der Waals surface area (Å²) in [6.07, 6.45) is -0.301. The quantitative estimate of drug-likeness (QED) is 0.627. The van der Waals surface area contributed by atoms with E-state index in [1.807, 2.05) is 0 Å². The van der Waals surface area contributed by atoms with Crippen molar-refractivity contribution in [2.75, 3.05) is 5.33 Å². The Kier molecular flexibility index (Phi) is 4.22. The van der Waals surface area contributed by atoms with E-state index in [2.05, 4.69) is 15.9 Å². The lowest BCUT2D eigenvalue weighted by atomic mass is 10.1. The molecule has 0 aromatic carbocycles. The minimum absolute atomic E-state index is 0.113. The van der Waals surface area contributed by atoms with Crippen LogP contribution < -0.4 is 5.73 Å². The first kappa shape index (κ1) is 9.58. The van der Waals surface area contributed by atoms with E-state index in [9.17, 15) is 9.59 Å². The molecule has 0 rings (SSSR count). The van der Waals surface area contributed by atoms with Crippen molar-refractivity contribution in [1.82, 2.24) is 0 Å². The van der Waals surface area contributed by atoms with Crippen molar-refractivity contribution in [3.8, 4) is 0 Å². The monoisotopic (exact) mass is 209 g/mol. The second-order valence-electron chi connectivity index (χ2n) is 1.80. The van der Waals surface area contributed by atoms with Gasteiger partial charge in [0.25, 0.3) is 0 Å². The van der Waals surface area contributed by atoms with Gasteiger partial charge < -0.3 is 10.8 Å². The number of rotatable bonds is 4. The maximum Gasteiger partial charge on any atom is 0.305 e. The molecular formula is C5H8BrNO3. The van der Waals surface area contributed by atoms with Gasteiger partial charge in [0.05, 0.1) is 17.8 Å². The molecule has 4 nitrogen and oxygen atoms in total. The number of nitrogens with two attached hydrogens (primary N) is 1. The summed E-state index contributed by atoms with van der Waals surface area (Å²) in [5, 5.41) is 8.29. The Labute approximate surface area is 66.5 Å². The number of hydrogen-bond acceptors (Lipinski definition) is 3. The van der Waals surface area contributed by atoms with Gasteiger partial charge >= 0.3 is 5.97 Å². The van der Waals surface area contributed by atoms with Gasteiger partial charge in [-0.15, -0.1) is 0 Å². The van der Waals surface area contributed by atoms with Crippen LogP contribution in [-0.4, -0.2) is 28.2 Å². The molecule has 0 aliphatic carbocycles. The molecule has 0 radical (unpaired) electrons. The molecule has 58 valence electrons. The SMILES string of the molecule is NC(CC(=O)O)C(=O)CBr. The Morgan fingerprint density at radius 2 is 2.10 bits per heavy atom. The van der Waals surface area contributed by atoms with Gasteiger partial charge in [-0.1, -0.05) is 15.9 Å². The van der Waals surface area contributed by atoms with Crippen LogP contribution in [0.5, 0.6) is 0 Å². The molecule has 0 saturated carbocycles. The topological polar surface area (TPSA) is 80.4 Å². The van der Waals surface area contributed by atoms with Gasteiger partial charge in [0, 0.05) is 0 Å². The smallest absolute Gasteiger partial charge is 0.305 e. The molecule has 0 saturated heterocycles. The minimum atomic E-state index is -1.05. The number of carboxylic acid groups (broad SMARTS) is 1. The zero-order valence-corrected chi connectivity index (χ0v) is 6.80. The van der Waals surface area contributed by atoms with Crippen LogP contribution in [0.3, 0.4) is 0 Å². The number of alkyl halides is 1. The zero-order chi connectivity index (χ0) is 8.15. The van der Waals surface area contributed by atoms with Crippen molar-refractivity contribution in [2.45, 2.75) is 12.5 Å². The van der Waals surface area contributed by atoms with Crippen LogP contribution in [0.2, 0.25) is 0 Å². The molecule has 0 heterocycles. The van der Waals surface area contributed by atoms with Crippen molar-refractivity contribution in [2.24, 2.45) is 5.73 Å². The third-order valence-electron chi connectivity index (χ3n) is 0.940. The normalized spacial score (nSPS) is 12.6. The Bertz CT molecular complexity index is 148. The van der Waals surface area contributed by atoms with E-state index in [0.717, 1.165) is 0 Å². The standard InChI is InChI=1S/C5H8BrNO3/c6-2-4(8)3(7)1-5(9)10/h3H,1-2,7H2,(H,9,10). The predicted octanol–water partition coefficient (Wildman–Crippen LogP) is -0.248. The maximum absolute atomic E-state index is 10.6. The Morgan fingerprint density at radius 3 is 2.40 bits per heavy atom. The highest BCUT2D eigenvalue weighted by molar-refractivity contribution is 9.09. The molecule has 0 bridgehead atoms. The molecule has 1 atom stereocenters. The van der Waals surface area contributed by atoms with Crippen LogP contribution >= 0.6 is 15.9 Å². The number of Topliss-reactive ketones (excluding diaryl/α,β-unsaturated/α-hetero) is 1. The summed E-state index contributed by atoms with van der Waals surface area (Å²) in [6, 6.07) is -0.878. The van der Waals surface area contributed by atoms with Gasteiger partial charge in [-0.25, -0.2) is 0 Å². The zero-order valence-electron chi connectivity index (χ0n) is 5.21. The third-order valence-corrected chi connectivity index (χ3v) is 1.49. The van der Waals surface area contributed by atoms with E-state index in [0.29, 0.717) is 0 Å². The van der Waals surface area contributed by atoms with E-state index >= 15 is 0 Å². The van der Waals surface area contributed by atoms with E-state index in [4.69, 9.17) is 10.8 Å². The number of carbonyl (C=O) groups excluding carboxylic acids is 1. The summed E-state index contributed by atoms with van der Waals surface area (Å²) in [7, 11) is 0. The summed E-state index contributed by atoms with van der Waals surface area (Å²) < 4.78 is 0. The molecular weight excluding hydrogens is 202 g/mol. The second-order valence-corrected chi connectivity index (χ2v) is 2.37. The van der Waals surface area contributed by atoms with Crippen LogP contribution in [0.4, 0.5) is 0 Å². The van der Waals surface area contributed by atoms with Gasteiger partial charge in [0.2, 0.25) is 0 Å². The average Bonchev–Trinajstić information content (AvgIpc) is 1.85. The first-order valence-corrected chi connectivity index (χ1v) is 3.76. The van der Waals surface area contributed by atoms with Gasteiger partial charge in [-0.05, 0) is 0 Å². The molecule has 0 aliphatic heterocycles. The largest absolute Gasteiger partial charge is 0.481 e. The molecule has 0 aromatic heterocycles. The highest BCUT2D eigenvalue weighted by Gasteiger charge is 2.14. The number of hydrogen-bond donors (Lipinski definition) is 2. The molecule has 0 aliphatic rings. The molecule has 1 unspecified atom stereocenters. The van der Waals surface area contributed by atoms with Gasteiger partial charge in [0.15, 0.2) is 5.78 Å². The third kappa shape index (κ3) is 3.58. The van der Waals surface area contributed by atoms with Crippen LogP contribution in [0.25, 0.3) is 0 Å². The molecule has 3 N–H and O–H groups in total. The number of carbonyl (C=O) groups is 2. The number of carboxylic acids is 1. The average molecular weight is 210 g/mol. The lowest BCUT2D eigenvalue weighted by Gasteiger charge is -2.03. The van der Waals surface area contributed by atoms with Crippen molar-refractivity contribution in [1.29, 1.82) is 0 Å². The lowest BCUT2D eigenvalue weighted by Crippen LogP contribution is -2.33. The number of aliphatic carboxylic acids is 1. The Morgan fingerprint density at radius 1 is 1.60 bits per heavy atom. The number of ketones is 1. The summed E-state index contributed by atoms with van der Waals surface area (Å²) in [5.74, 6) is -1.34. The summed E-state index contributed by atoms with van der Waals surface area (Å²) in [6.45, 7) is 0. The van der Waals surface area contributed by atoms with E-state index in [1.165, 1.54) is 0 Å². The van der Waals surface area contributed by atoms with Crippen LogP contribution in [0.15, 0.2) is 0 Å². The first-order chi connectivity index (χ1) is 4.57. The van der Waals surface area contributed by atoms with E-state index < -0.39 is 12.0 Å². The predicted molar refractivity (Wildman–Crippen MR) is 39.0 cm³/mol. The molecule has 0 amide bonds. The Balaban J connectivity index is 3.72. The van der Waals surface area contributed by atoms with E-state index in [1.54, 1.807) is 0 Å². The van der Waals surface area contributed by atoms with Crippen molar-refractivity contribution < 1.29 is 14.7 Å². The second kappa shape index (κ2) is 4.40. The lowest BCUT2D eigenvalue weighted by molar-refractivity contribution is -0.138. The van der Waals surface area contributed by atoms with Crippen molar-refractivity contribution >= 4 is 27.7 Å². The molecule has 0 spiro atoms. The van der Waals surface area contributed by atoms with Crippen LogP contribution in [0, 0.1) is 0 Å². The highest BCUT2D eigenvalue weighted by Crippen LogP contribution is 1.93. The summed E-state index contributed by atoms with van der Waals surface area (Å²) >= 11 is 2.88. The van der Waals surface area contributed by atoms with E-state index in [-0.39, 0.29) is 17.5 Å². The maximum atomic E-state index is 10.6. The fourth-order valence-electron chi connectivity index (χ4n) is 0.401. The minimum Gasteiger partial charge on any atom is -0.481 e. The highest BCUT2D eigenvalue weighted by atomic mass is 79.9. The first-order valence-electron chi connectivity index (χ1n) is 2.64. The Hall–Kier alpha value is -0.420. The van der Waals surface area contributed by atoms with Crippen molar-refractivity contribution in [3.05, 3.63) is 0 Å². The molecule has 5 heteroatoms. The fourth-order valence-corrected chi connectivity index (χ4v) is 0.817.